The fourth-order valence-corrected chi connectivity index (χ4v) is 5.85. The minimum absolute atomic E-state index is 0.0465. The van der Waals surface area contributed by atoms with Crippen LogP contribution in [0.3, 0.4) is 0 Å². The fraction of sp³-hybridized carbons (Fsp3) is 0.355. The molecule has 11 nitrogen and oxygen atoms in total. The van der Waals surface area contributed by atoms with Crippen LogP contribution < -0.4 is 14.9 Å². The highest BCUT2D eigenvalue weighted by atomic mass is 31.2. The standard InChI is InChI=1S/C31H35FN3O8P/c1-20(2)41-29(38)21(3)34-44(39,43-25-15-13-24(14-16-25)12-11-23-9-7-6-8-10-23)40-19-26-28(37)31(5,32)30(42-26)35-18-17-27(36)33-22(35)4/h6-10,13-18,20-21,26,28,30,37H,4,19H2,1-3,5H3,(H,33,36)(H,34,39)/t21-,26+,28+,30+,31+,44?/m0/s1. The average molecular weight is 628 g/mol. The van der Waals surface area contributed by atoms with Crippen molar-refractivity contribution in [1.82, 2.24) is 15.3 Å². The maximum Gasteiger partial charge on any atom is 0.459 e. The summed E-state index contributed by atoms with van der Waals surface area (Å²) in [5.41, 5.74) is -0.850. The number of carbonyl (C=O) groups excluding carboxylic acids is 2. The minimum atomic E-state index is -4.37. The van der Waals surface area contributed by atoms with E-state index >= 15 is 4.39 Å². The van der Waals surface area contributed by atoms with Gasteiger partial charge in [0.15, 0.2) is 11.9 Å². The number of alkyl halides is 1. The number of halogens is 1. The number of hydrogen-bond donors (Lipinski definition) is 3. The van der Waals surface area contributed by atoms with Gasteiger partial charge < -0.3 is 29.3 Å². The van der Waals surface area contributed by atoms with Crippen LogP contribution in [-0.2, 0) is 28.2 Å². The van der Waals surface area contributed by atoms with Gasteiger partial charge in [0.25, 0.3) is 5.91 Å². The molecule has 234 valence electrons. The number of aliphatic hydroxyl groups is 1. The highest BCUT2D eigenvalue weighted by Crippen LogP contribution is 2.47. The van der Waals surface area contributed by atoms with E-state index in [0.29, 0.717) is 5.56 Å². The molecule has 0 aromatic heterocycles. The molecule has 3 N–H and O–H groups in total. The van der Waals surface area contributed by atoms with Gasteiger partial charge in [0.1, 0.15) is 29.8 Å². The second kappa shape index (κ2) is 13.8. The molecule has 0 aliphatic carbocycles. The third-order valence-corrected chi connectivity index (χ3v) is 8.25. The number of rotatable bonds is 10. The first-order valence-corrected chi connectivity index (χ1v) is 15.4. The van der Waals surface area contributed by atoms with Crippen molar-refractivity contribution in [2.24, 2.45) is 0 Å². The van der Waals surface area contributed by atoms with Crippen molar-refractivity contribution in [3.63, 3.8) is 0 Å². The van der Waals surface area contributed by atoms with Crippen LogP contribution in [-0.4, -0.2) is 64.7 Å². The van der Waals surface area contributed by atoms with Crippen molar-refractivity contribution in [3.05, 3.63) is 90.4 Å². The van der Waals surface area contributed by atoms with Crippen molar-refractivity contribution in [3.8, 4) is 17.6 Å². The number of amides is 1. The molecule has 2 aromatic rings. The summed E-state index contributed by atoms with van der Waals surface area (Å²) < 4.78 is 52.0. The Morgan fingerprint density at radius 2 is 1.82 bits per heavy atom. The smallest absolute Gasteiger partial charge is 0.459 e. The van der Waals surface area contributed by atoms with Crippen LogP contribution in [0, 0.1) is 11.8 Å². The minimum Gasteiger partial charge on any atom is -0.462 e. The van der Waals surface area contributed by atoms with E-state index in [4.69, 9.17) is 18.5 Å². The van der Waals surface area contributed by atoms with Gasteiger partial charge in [0, 0.05) is 23.4 Å². The van der Waals surface area contributed by atoms with Crippen molar-refractivity contribution in [1.29, 1.82) is 0 Å². The summed E-state index contributed by atoms with van der Waals surface area (Å²) in [5, 5.41) is 15.8. The summed E-state index contributed by atoms with van der Waals surface area (Å²) >= 11 is 0. The summed E-state index contributed by atoms with van der Waals surface area (Å²) in [5.74, 6) is 5.09. The first-order chi connectivity index (χ1) is 20.8. The largest absolute Gasteiger partial charge is 0.462 e. The lowest BCUT2D eigenvalue weighted by Gasteiger charge is -2.35. The number of nitrogens with one attached hydrogen (secondary N) is 2. The number of esters is 1. The molecule has 0 bridgehead atoms. The van der Waals surface area contributed by atoms with Crippen LogP contribution in [0.2, 0.25) is 0 Å². The number of aliphatic hydroxyl groups excluding tert-OH is 1. The number of hydrogen-bond acceptors (Lipinski definition) is 9. The molecule has 1 unspecified atom stereocenters. The van der Waals surface area contributed by atoms with Crippen LogP contribution in [0.5, 0.6) is 5.75 Å². The molecular weight excluding hydrogens is 592 g/mol. The molecule has 44 heavy (non-hydrogen) atoms. The van der Waals surface area contributed by atoms with Gasteiger partial charge in [-0.25, -0.2) is 8.96 Å². The predicted octanol–water partition coefficient (Wildman–Crippen LogP) is 3.75. The molecule has 2 aliphatic rings. The third kappa shape index (κ3) is 8.14. The molecule has 6 atom stereocenters. The molecule has 0 saturated carbocycles. The zero-order chi connectivity index (χ0) is 32.1. The zero-order valence-electron chi connectivity index (χ0n) is 24.7. The van der Waals surface area contributed by atoms with Crippen molar-refractivity contribution < 1.29 is 42.2 Å². The average Bonchev–Trinajstić information content (AvgIpc) is 3.19. The van der Waals surface area contributed by atoms with Crippen molar-refractivity contribution in [2.75, 3.05) is 6.61 Å². The van der Waals surface area contributed by atoms with E-state index in [1.807, 2.05) is 30.3 Å². The van der Waals surface area contributed by atoms with Crippen LogP contribution in [0.25, 0.3) is 0 Å². The van der Waals surface area contributed by atoms with Gasteiger partial charge >= 0.3 is 13.7 Å². The van der Waals surface area contributed by atoms with Gasteiger partial charge in [-0.05, 0) is 64.1 Å². The second-order valence-corrected chi connectivity index (χ2v) is 12.3. The third-order valence-electron chi connectivity index (χ3n) is 6.61. The molecule has 0 radical (unpaired) electrons. The van der Waals surface area contributed by atoms with Gasteiger partial charge in [-0.3, -0.25) is 14.1 Å². The van der Waals surface area contributed by atoms with Gasteiger partial charge in [-0.2, -0.15) is 5.09 Å². The van der Waals surface area contributed by atoms with E-state index < -0.39 is 62.5 Å². The molecular formula is C31H35FN3O8P. The Kier molecular flexibility index (Phi) is 10.3. The van der Waals surface area contributed by atoms with Crippen molar-refractivity contribution in [2.45, 2.75) is 63.9 Å². The molecule has 13 heteroatoms. The fourth-order valence-electron chi connectivity index (χ4n) is 4.35. The van der Waals surface area contributed by atoms with Crippen LogP contribution >= 0.6 is 7.75 Å². The molecule has 0 spiro atoms. The quantitative estimate of drug-likeness (QED) is 0.203. The highest BCUT2D eigenvalue weighted by molar-refractivity contribution is 7.52. The van der Waals surface area contributed by atoms with E-state index in [0.717, 1.165) is 18.6 Å². The maximum absolute atomic E-state index is 15.7. The van der Waals surface area contributed by atoms with Crippen LogP contribution in [0.15, 0.2) is 79.3 Å². The summed E-state index contributed by atoms with van der Waals surface area (Å²) in [6.07, 6.45) is -2.43. The monoisotopic (exact) mass is 627 g/mol. The highest BCUT2D eigenvalue weighted by Gasteiger charge is 2.57. The number of nitrogens with zero attached hydrogens (tertiary/aromatic N) is 1. The lowest BCUT2D eigenvalue weighted by Crippen LogP contribution is -2.51. The first-order valence-electron chi connectivity index (χ1n) is 13.9. The Balaban J connectivity index is 1.50. The lowest BCUT2D eigenvalue weighted by atomic mass is 9.98. The van der Waals surface area contributed by atoms with E-state index in [1.54, 1.807) is 26.0 Å². The van der Waals surface area contributed by atoms with Gasteiger partial charge in [0.2, 0.25) is 0 Å². The van der Waals surface area contributed by atoms with E-state index in [9.17, 15) is 19.3 Å². The number of benzene rings is 2. The van der Waals surface area contributed by atoms with E-state index in [1.165, 1.54) is 30.2 Å². The summed E-state index contributed by atoms with van der Waals surface area (Å²) in [6.45, 7) is 8.99. The maximum atomic E-state index is 15.7. The number of ether oxygens (including phenoxy) is 2. The number of carbonyl (C=O) groups is 2. The van der Waals surface area contributed by atoms with Gasteiger partial charge in [-0.15, -0.1) is 0 Å². The van der Waals surface area contributed by atoms with Crippen LogP contribution in [0.1, 0.15) is 38.8 Å². The summed E-state index contributed by atoms with van der Waals surface area (Å²) in [7, 11) is -4.37. The molecule has 1 amide bonds. The Morgan fingerprint density at radius 3 is 2.43 bits per heavy atom. The van der Waals surface area contributed by atoms with Gasteiger partial charge in [-0.1, -0.05) is 36.6 Å². The molecule has 2 aliphatic heterocycles. The Morgan fingerprint density at radius 1 is 1.18 bits per heavy atom. The molecule has 2 aromatic carbocycles. The Bertz CT molecular complexity index is 1500. The normalized spacial score (nSPS) is 25.1. The van der Waals surface area contributed by atoms with Gasteiger partial charge in [0.05, 0.1) is 12.7 Å². The summed E-state index contributed by atoms with van der Waals surface area (Å²) in [6, 6.07) is 14.7. The second-order valence-electron chi connectivity index (χ2n) is 10.6. The van der Waals surface area contributed by atoms with E-state index in [-0.39, 0.29) is 11.6 Å². The van der Waals surface area contributed by atoms with E-state index in [2.05, 4.69) is 28.8 Å². The topological polar surface area (TPSA) is 136 Å². The van der Waals surface area contributed by atoms with Crippen LogP contribution in [0.4, 0.5) is 4.39 Å². The molecule has 1 saturated heterocycles. The molecule has 4 rings (SSSR count). The summed E-state index contributed by atoms with van der Waals surface area (Å²) in [4.78, 5) is 25.3. The first kappa shape index (κ1) is 32.9. The van der Waals surface area contributed by atoms with Crippen molar-refractivity contribution >= 4 is 19.6 Å². The SMILES string of the molecule is C=C1NC(=O)C=CN1[C@@H]1O[C@H](COP(=O)(N[C@@H](C)C(=O)OC(C)C)Oc2ccc(C#Cc3ccccc3)cc2)[C@@H](O)[C@@]1(C)F. The zero-order valence-corrected chi connectivity index (χ0v) is 25.6. The Labute approximate surface area is 255 Å². The predicted molar refractivity (Wildman–Crippen MR) is 159 cm³/mol. The molecule has 2 heterocycles. The molecule has 1 fully saturated rings. The Hall–Kier alpha value is -3.98. The lowest BCUT2D eigenvalue weighted by molar-refractivity contribution is -0.149.